The van der Waals surface area contributed by atoms with E-state index in [1.165, 1.54) is 0 Å². The number of amides is 1. The van der Waals surface area contributed by atoms with Crippen molar-refractivity contribution >= 4 is 11.6 Å². The lowest BCUT2D eigenvalue weighted by atomic mass is 10.0. The van der Waals surface area contributed by atoms with Crippen LogP contribution < -0.4 is 5.32 Å². The van der Waals surface area contributed by atoms with Crippen LogP contribution in [0.4, 0.5) is 0 Å². The first-order chi connectivity index (χ1) is 14.6. The average molecular weight is 403 g/mol. The van der Waals surface area contributed by atoms with E-state index in [2.05, 4.69) is 20.4 Å². The summed E-state index contributed by atoms with van der Waals surface area (Å²) in [5, 5.41) is 7.40. The molecule has 0 spiro atoms. The van der Waals surface area contributed by atoms with Crippen LogP contribution in [0.2, 0.25) is 0 Å². The molecule has 3 heterocycles. The van der Waals surface area contributed by atoms with Gasteiger partial charge in [0.15, 0.2) is 0 Å². The number of aliphatic imine (C=N–C) groups is 1. The summed E-state index contributed by atoms with van der Waals surface area (Å²) in [6.45, 7) is 3.88. The molecule has 154 valence electrons. The van der Waals surface area contributed by atoms with E-state index in [1.807, 2.05) is 66.6 Å². The Kier molecular flexibility index (Phi) is 5.99. The highest BCUT2D eigenvalue weighted by molar-refractivity contribution is 6.14. The molecule has 7 heteroatoms. The largest absolute Gasteiger partial charge is 0.383 e. The SMILES string of the molecule is COCCn1cc(C2=NCc3cc(CC(=O)N[C@H](C)c4ccccc4)ncc32)cn1. The number of rotatable bonds is 8. The topological polar surface area (TPSA) is 81.4 Å². The minimum Gasteiger partial charge on any atom is -0.383 e. The fourth-order valence-electron chi connectivity index (χ4n) is 3.56. The van der Waals surface area contributed by atoms with Crippen LogP contribution in [-0.4, -0.2) is 40.1 Å². The highest BCUT2D eigenvalue weighted by atomic mass is 16.5. The highest BCUT2D eigenvalue weighted by Gasteiger charge is 2.20. The second kappa shape index (κ2) is 9.00. The van der Waals surface area contributed by atoms with Gasteiger partial charge in [0, 0.05) is 30.6 Å². The number of hydrogen-bond acceptors (Lipinski definition) is 5. The van der Waals surface area contributed by atoms with E-state index in [0.29, 0.717) is 19.7 Å². The van der Waals surface area contributed by atoms with Crippen molar-refractivity contribution in [3.63, 3.8) is 0 Å². The van der Waals surface area contributed by atoms with Crippen LogP contribution in [0, 0.1) is 0 Å². The van der Waals surface area contributed by atoms with E-state index in [0.717, 1.165) is 33.7 Å². The van der Waals surface area contributed by atoms with Gasteiger partial charge in [-0.25, -0.2) is 0 Å². The summed E-state index contributed by atoms with van der Waals surface area (Å²) >= 11 is 0. The van der Waals surface area contributed by atoms with Crippen molar-refractivity contribution in [1.29, 1.82) is 0 Å². The van der Waals surface area contributed by atoms with Gasteiger partial charge in [-0.3, -0.25) is 19.5 Å². The maximum atomic E-state index is 12.5. The van der Waals surface area contributed by atoms with E-state index in [4.69, 9.17) is 4.74 Å². The number of nitrogens with zero attached hydrogens (tertiary/aromatic N) is 4. The predicted octanol–water partition coefficient (Wildman–Crippen LogP) is 2.70. The van der Waals surface area contributed by atoms with Gasteiger partial charge in [-0.15, -0.1) is 0 Å². The molecular weight excluding hydrogens is 378 g/mol. The molecule has 1 atom stereocenters. The van der Waals surface area contributed by atoms with Gasteiger partial charge in [0.05, 0.1) is 49.8 Å². The minimum absolute atomic E-state index is 0.0438. The molecule has 1 aliphatic heterocycles. The van der Waals surface area contributed by atoms with Crippen LogP contribution >= 0.6 is 0 Å². The third-order valence-corrected chi connectivity index (χ3v) is 5.16. The molecule has 1 aromatic carbocycles. The first kappa shape index (κ1) is 20.0. The molecule has 7 nitrogen and oxygen atoms in total. The summed E-state index contributed by atoms with van der Waals surface area (Å²) in [6, 6.07) is 11.9. The van der Waals surface area contributed by atoms with E-state index < -0.39 is 0 Å². The zero-order chi connectivity index (χ0) is 20.9. The number of carbonyl (C=O) groups excluding carboxylic acids is 1. The molecule has 0 saturated heterocycles. The summed E-state index contributed by atoms with van der Waals surface area (Å²) in [5.74, 6) is -0.0441. The van der Waals surface area contributed by atoms with Crippen molar-refractivity contribution in [2.24, 2.45) is 4.99 Å². The lowest BCUT2D eigenvalue weighted by Crippen LogP contribution is -2.28. The standard InChI is InChI=1S/C23H25N5O2/c1-16(17-6-4-3-5-7-17)27-22(29)11-20-10-18-12-25-23(21(18)14-24-20)19-13-26-28(15-19)8-9-30-2/h3-7,10,13-16H,8-9,11-12H2,1-2H3,(H,27,29)/t16-/m1/s1. The molecule has 30 heavy (non-hydrogen) atoms. The Morgan fingerprint density at radius 3 is 2.90 bits per heavy atom. The molecule has 0 radical (unpaired) electrons. The predicted molar refractivity (Wildman–Crippen MR) is 114 cm³/mol. The molecule has 0 fully saturated rings. The molecular formula is C23H25N5O2. The van der Waals surface area contributed by atoms with Crippen LogP contribution in [0.3, 0.4) is 0 Å². The smallest absolute Gasteiger partial charge is 0.226 e. The van der Waals surface area contributed by atoms with Gasteiger partial charge in [-0.05, 0) is 24.1 Å². The molecule has 0 saturated carbocycles. The molecule has 0 unspecified atom stereocenters. The van der Waals surface area contributed by atoms with E-state index in [9.17, 15) is 4.79 Å². The first-order valence-electron chi connectivity index (χ1n) is 10.0. The van der Waals surface area contributed by atoms with E-state index >= 15 is 0 Å². The first-order valence-corrected chi connectivity index (χ1v) is 10.0. The van der Waals surface area contributed by atoms with Gasteiger partial charge >= 0.3 is 0 Å². The van der Waals surface area contributed by atoms with Gasteiger partial charge in [-0.1, -0.05) is 30.3 Å². The van der Waals surface area contributed by atoms with Crippen molar-refractivity contribution in [2.45, 2.75) is 32.5 Å². The number of pyridine rings is 1. The average Bonchev–Trinajstić information content (AvgIpc) is 3.39. The number of nitrogens with one attached hydrogen (secondary N) is 1. The molecule has 4 rings (SSSR count). The van der Waals surface area contributed by atoms with Crippen molar-refractivity contribution in [1.82, 2.24) is 20.1 Å². The molecule has 0 aliphatic carbocycles. The summed E-state index contributed by atoms with van der Waals surface area (Å²) in [6.07, 6.45) is 5.85. The third-order valence-electron chi connectivity index (χ3n) is 5.16. The lowest BCUT2D eigenvalue weighted by molar-refractivity contribution is -0.121. The maximum absolute atomic E-state index is 12.5. The Bertz CT molecular complexity index is 1060. The van der Waals surface area contributed by atoms with Crippen molar-refractivity contribution in [3.8, 4) is 0 Å². The number of carbonyl (C=O) groups is 1. The van der Waals surface area contributed by atoms with Gasteiger partial charge < -0.3 is 10.1 Å². The highest BCUT2D eigenvalue weighted by Crippen LogP contribution is 2.23. The Morgan fingerprint density at radius 2 is 2.10 bits per heavy atom. The number of hydrogen-bond donors (Lipinski definition) is 1. The summed E-state index contributed by atoms with van der Waals surface area (Å²) in [4.78, 5) is 21.7. The molecule has 2 aromatic heterocycles. The van der Waals surface area contributed by atoms with Crippen molar-refractivity contribution in [3.05, 3.63) is 82.9 Å². The van der Waals surface area contributed by atoms with Gasteiger partial charge in [0.1, 0.15) is 0 Å². The number of fused-ring (bicyclic) bond motifs is 1. The quantitative estimate of drug-likeness (QED) is 0.627. The van der Waals surface area contributed by atoms with Crippen LogP contribution in [-0.2, 0) is 29.0 Å². The number of benzene rings is 1. The second-order valence-corrected chi connectivity index (χ2v) is 7.36. The van der Waals surface area contributed by atoms with E-state index in [1.54, 1.807) is 7.11 Å². The second-order valence-electron chi connectivity index (χ2n) is 7.36. The Hall–Kier alpha value is -3.32. The van der Waals surface area contributed by atoms with Gasteiger partial charge in [0.2, 0.25) is 5.91 Å². The van der Waals surface area contributed by atoms with Crippen molar-refractivity contribution < 1.29 is 9.53 Å². The third kappa shape index (κ3) is 4.46. The Morgan fingerprint density at radius 1 is 1.27 bits per heavy atom. The maximum Gasteiger partial charge on any atom is 0.226 e. The number of aromatic nitrogens is 3. The molecule has 1 aliphatic rings. The fraction of sp³-hybridized carbons (Fsp3) is 0.304. The minimum atomic E-state index is -0.0441. The van der Waals surface area contributed by atoms with Gasteiger partial charge in [0.25, 0.3) is 0 Å². The number of ether oxygens (including phenoxy) is 1. The van der Waals surface area contributed by atoms with E-state index in [-0.39, 0.29) is 18.4 Å². The van der Waals surface area contributed by atoms with Crippen LogP contribution in [0.5, 0.6) is 0 Å². The summed E-state index contributed by atoms with van der Waals surface area (Å²) in [7, 11) is 1.67. The van der Waals surface area contributed by atoms with Gasteiger partial charge in [-0.2, -0.15) is 5.10 Å². The van der Waals surface area contributed by atoms with Crippen LogP contribution in [0.15, 0.2) is 60.0 Å². The normalized spacial score (nSPS) is 13.6. The molecule has 1 N–H and O–H groups in total. The summed E-state index contributed by atoms with van der Waals surface area (Å²) < 4.78 is 6.94. The molecule has 3 aromatic rings. The number of methoxy groups -OCH3 is 1. The monoisotopic (exact) mass is 403 g/mol. The molecule has 0 bridgehead atoms. The molecule has 1 amide bonds. The zero-order valence-corrected chi connectivity index (χ0v) is 17.2. The Balaban J connectivity index is 1.40. The zero-order valence-electron chi connectivity index (χ0n) is 17.2. The summed E-state index contributed by atoms with van der Waals surface area (Å²) in [5.41, 5.74) is 5.78. The lowest BCUT2D eigenvalue weighted by Gasteiger charge is -2.14. The van der Waals surface area contributed by atoms with Crippen LogP contribution in [0.1, 0.15) is 40.9 Å². The van der Waals surface area contributed by atoms with Crippen molar-refractivity contribution in [2.75, 3.05) is 13.7 Å². The van der Waals surface area contributed by atoms with Crippen LogP contribution in [0.25, 0.3) is 0 Å². The Labute approximate surface area is 175 Å². The fourth-order valence-corrected chi connectivity index (χ4v) is 3.56.